The summed E-state index contributed by atoms with van der Waals surface area (Å²) in [4.78, 5) is 23.3. The molecule has 0 bridgehead atoms. The molecule has 0 aliphatic rings. The van der Waals surface area contributed by atoms with Gasteiger partial charge in [0.15, 0.2) is 11.5 Å². The maximum atomic E-state index is 12.1. The van der Waals surface area contributed by atoms with E-state index in [2.05, 4.69) is 0 Å². The molecule has 0 unspecified atom stereocenters. The predicted octanol–water partition coefficient (Wildman–Crippen LogP) is 3.49. The van der Waals surface area contributed by atoms with Crippen molar-refractivity contribution in [2.24, 2.45) is 0 Å². The van der Waals surface area contributed by atoms with Gasteiger partial charge in [0.05, 0.1) is 12.7 Å². The fraction of sp³-hybridized carbons (Fsp3) is 0.125. The highest BCUT2D eigenvalue weighted by molar-refractivity contribution is 6.30. The second-order valence-corrected chi connectivity index (χ2v) is 4.74. The van der Waals surface area contributed by atoms with Crippen molar-refractivity contribution >= 4 is 23.5 Å². The van der Waals surface area contributed by atoms with E-state index in [1.165, 1.54) is 32.2 Å². The van der Waals surface area contributed by atoms with Crippen LogP contribution in [0.15, 0.2) is 42.5 Å². The lowest BCUT2D eigenvalue weighted by molar-refractivity contribution is -0.132. The first-order chi connectivity index (χ1) is 10.5. The summed E-state index contributed by atoms with van der Waals surface area (Å²) in [6, 6.07) is 10.9. The molecule has 0 saturated carbocycles. The van der Waals surface area contributed by atoms with Crippen molar-refractivity contribution in [3.8, 4) is 17.2 Å². The van der Waals surface area contributed by atoms with Crippen LogP contribution in [0.5, 0.6) is 17.2 Å². The number of halogens is 1. The van der Waals surface area contributed by atoms with Crippen LogP contribution in [0.3, 0.4) is 0 Å². The van der Waals surface area contributed by atoms with Crippen molar-refractivity contribution in [1.29, 1.82) is 0 Å². The summed E-state index contributed by atoms with van der Waals surface area (Å²) in [6.07, 6.45) is 0. The minimum Gasteiger partial charge on any atom is -0.497 e. The van der Waals surface area contributed by atoms with Crippen LogP contribution in [0.2, 0.25) is 5.02 Å². The lowest BCUT2D eigenvalue weighted by Gasteiger charge is -2.11. The summed E-state index contributed by atoms with van der Waals surface area (Å²) in [5, 5.41) is 0.417. The molecule has 0 heterocycles. The van der Waals surface area contributed by atoms with Gasteiger partial charge >= 0.3 is 11.9 Å². The molecule has 114 valence electrons. The van der Waals surface area contributed by atoms with Crippen LogP contribution < -0.4 is 14.2 Å². The van der Waals surface area contributed by atoms with Crippen LogP contribution in [-0.4, -0.2) is 19.0 Å². The minimum atomic E-state index is -0.621. The van der Waals surface area contributed by atoms with E-state index < -0.39 is 11.9 Å². The second-order valence-electron chi connectivity index (χ2n) is 4.31. The first-order valence-corrected chi connectivity index (χ1v) is 6.71. The number of carbonyl (C=O) groups excluding carboxylic acids is 2. The number of methoxy groups -OCH3 is 1. The van der Waals surface area contributed by atoms with Crippen molar-refractivity contribution in [3.05, 3.63) is 53.1 Å². The highest BCUT2D eigenvalue weighted by atomic mass is 35.5. The molecule has 0 saturated heterocycles. The number of esters is 2. The lowest BCUT2D eigenvalue weighted by Crippen LogP contribution is -2.11. The van der Waals surface area contributed by atoms with E-state index in [4.69, 9.17) is 25.8 Å². The van der Waals surface area contributed by atoms with E-state index in [1.807, 2.05) is 0 Å². The smallest absolute Gasteiger partial charge is 0.343 e. The number of ether oxygens (including phenoxy) is 3. The van der Waals surface area contributed by atoms with E-state index in [0.717, 1.165) is 0 Å². The van der Waals surface area contributed by atoms with Gasteiger partial charge in [0.1, 0.15) is 5.75 Å². The largest absolute Gasteiger partial charge is 0.497 e. The van der Waals surface area contributed by atoms with Gasteiger partial charge < -0.3 is 14.2 Å². The standard InChI is InChI=1S/C16H13ClO5/c1-10(18)21-14-7-6-13(20-2)9-15(14)22-16(19)11-4-3-5-12(17)8-11/h3-9H,1-2H3. The molecule has 2 aromatic rings. The Morgan fingerprint density at radius 1 is 1.00 bits per heavy atom. The summed E-state index contributed by atoms with van der Waals surface area (Å²) in [6.45, 7) is 1.26. The maximum absolute atomic E-state index is 12.1. The third kappa shape index (κ3) is 3.99. The highest BCUT2D eigenvalue weighted by Gasteiger charge is 2.15. The van der Waals surface area contributed by atoms with Gasteiger partial charge in [-0.25, -0.2) is 4.79 Å². The van der Waals surface area contributed by atoms with Gasteiger partial charge in [0, 0.05) is 18.0 Å². The average Bonchev–Trinajstić information content (AvgIpc) is 2.48. The van der Waals surface area contributed by atoms with Crippen LogP contribution in [0.1, 0.15) is 17.3 Å². The van der Waals surface area contributed by atoms with Crippen LogP contribution in [0.25, 0.3) is 0 Å². The molecule has 0 radical (unpaired) electrons. The second kappa shape index (κ2) is 6.95. The zero-order chi connectivity index (χ0) is 16.1. The van der Waals surface area contributed by atoms with Gasteiger partial charge in [-0.3, -0.25) is 4.79 Å². The van der Waals surface area contributed by atoms with Gasteiger partial charge in [0.2, 0.25) is 0 Å². The number of hydrogen-bond acceptors (Lipinski definition) is 5. The van der Waals surface area contributed by atoms with Gasteiger partial charge in [0.25, 0.3) is 0 Å². The SMILES string of the molecule is COc1ccc(OC(C)=O)c(OC(=O)c2cccc(Cl)c2)c1. The molecule has 0 N–H and O–H groups in total. The summed E-state index contributed by atoms with van der Waals surface area (Å²) < 4.78 is 15.4. The fourth-order valence-corrected chi connectivity index (χ4v) is 1.90. The molecule has 0 atom stereocenters. The molecular formula is C16H13ClO5. The van der Waals surface area contributed by atoms with Crippen LogP contribution in [0, 0.1) is 0 Å². The third-order valence-corrected chi connectivity index (χ3v) is 2.90. The Kier molecular flexibility index (Phi) is 5.01. The monoisotopic (exact) mass is 320 g/mol. The molecule has 0 aliphatic heterocycles. The summed E-state index contributed by atoms with van der Waals surface area (Å²) in [5.74, 6) is -0.470. The minimum absolute atomic E-state index is 0.0829. The van der Waals surface area contributed by atoms with E-state index >= 15 is 0 Å². The maximum Gasteiger partial charge on any atom is 0.343 e. The Morgan fingerprint density at radius 2 is 1.77 bits per heavy atom. The topological polar surface area (TPSA) is 61.8 Å². The van der Waals surface area contributed by atoms with Crippen LogP contribution in [0.4, 0.5) is 0 Å². The predicted molar refractivity (Wildman–Crippen MR) is 80.7 cm³/mol. The first-order valence-electron chi connectivity index (χ1n) is 6.34. The zero-order valence-electron chi connectivity index (χ0n) is 12.0. The molecule has 0 aliphatic carbocycles. The number of carbonyl (C=O) groups is 2. The Hall–Kier alpha value is -2.53. The van der Waals surface area contributed by atoms with Crippen molar-refractivity contribution in [1.82, 2.24) is 0 Å². The van der Waals surface area contributed by atoms with Crippen molar-refractivity contribution in [2.45, 2.75) is 6.92 Å². The van der Waals surface area contributed by atoms with Gasteiger partial charge in [-0.05, 0) is 30.3 Å². The Morgan fingerprint density at radius 3 is 2.41 bits per heavy atom. The Labute approximate surface area is 132 Å². The molecular weight excluding hydrogens is 308 g/mol. The van der Waals surface area contributed by atoms with Crippen molar-refractivity contribution in [3.63, 3.8) is 0 Å². The molecule has 0 spiro atoms. The van der Waals surface area contributed by atoms with Gasteiger partial charge in [-0.15, -0.1) is 0 Å². The molecule has 0 fully saturated rings. The molecule has 22 heavy (non-hydrogen) atoms. The summed E-state index contributed by atoms with van der Waals surface area (Å²) >= 11 is 5.84. The zero-order valence-corrected chi connectivity index (χ0v) is 12.7. The Bertz CT molecular complexity index is 711. The van der Waals surface area contributed by atoms with E-state index in [-0.39, 0.29) is 17.1 Å². The van der Waals surface area contributed by atoms with Gasteiger partial charge in [-0.2, -0.15) is 0 Å². The molecule has 6 heteroatoms. The molecule has 5 nitrogen and oxygen atoms in total. The van der Waals surface area contributed by atoms with Crippen LogP contribution >= 0.6 is 11.6 Å². The lowest BCUT2D eigenvalue weighted by atomic mass is 10.2. The van der Waals surface area contributed by atoms with Crippen molar-refractivity contribution < 1.29 is 23.8 Å². The summed E-state index contributed by atoms with van der Waals surface area (Å²) in [7, 11) is 1.48. The van der Waals surface area contributed by atoms with E-state index in [1.54, 1.807) is 24.3 Å². The first kappa shape index (κ1) is 15.9. The molecule has 2 aromatic carbocycles. The molecule has 0 aromatic heterocycles. The molecule has 0 amide bonds. The highest BCUT2D eigenvalue weighted by Crippen LogP contribution is 2.32. The van der Waals surface area contributed by atoms with Crippen molar-refractivity contribution in [2.75, 3.05) is 7.11 Å². The fourth-order valence-electron chi connectivity index (χ4n) is 1.71. The number of rotatable bonds is 4. The third-order valence-electron chi connectivity index (χ3n) is 2.67. The average molecular weight is 321 g/mol. The Balaban J connectivity index is 2.30. The summed E-state index contributed by atoms with van der Waals surface area (Å²) in [5.41, 5.74) is 0.282. The number of hydrogen-bond donors (Lipinski definition) is 0. The van der Waals surface area contributed by atoms with E-state index in [0.29, 0.717) is 10.8 Å². The van der Waals surface area contributed by atoms with Crippen LogP contribution in [-0.2, 0) is 4.79 Å². The van der Waals surface area contributed by atoms with E-state index in [9.17, 15) is 9.59 Å². The van der Waals surface area contributed by atoms with Gasteiger partial charge in [-0.1, -0.05) is 17.7 Å². The molecule has 2 rings (SSSR count). The quantitative estimate of drug-likeness (QED) is 0.637. The number of benzene rings is 2. The normalized spacial score (nSPS) is 9.95.